The molecule has 7 heteroatoms. The van der Waals surface area contributed by atoms with E-state index in [2.05, 4.69) is 4.98 Å². The Hall–Kier alpha value is -1.82. The molecule has 1 aromatic heterocycles. The molecule has 0 aromatic carbocycles. The van der Waals surface area contributed by atoms with E-state index in [1.165, 1.54) is 4.57 Å². The smallest absolute Gasteiger partial charge is 0.357 e. The Morgan fingerprint density at radius 2 is 2.47 bits per heavy atom. The van der Waals surface area contributed by atoms with Gasteiger partial charge in [-0.3, -0.25) is 4.79 Å². The van der Waals surface area contributed by atoms with E-state index in [0.717, 1.165) is 6.42 Å². The first-order chi connectivity index (χ1) is 9.17. The van der Waals surface area contributed by atoms with E-state index >= 15 is 0 Å². The maximum atomic E-state index is 11.9. The molecule has 0 amide bonds. The van der Waals surface area contributed by atoms with Crippen molar-refractivity contribution in [2.75, 3.05) is 13.2 Å². The number of hydrogen-bond acceptors (Lipinski definition) is 5. The van der Waals surface area contributed by atoms with Crippen LogP contribution in [0.5, 0.6) is 0 Å². The summed E-state index contributed by atoms with van der Waals surface area (Å²) < 4.78 is 11.7. The molecule has 0 radical (unpaired) electrons. The fourth-order valence-corrected chi connectivity index (χ4v) is 2.05. The molecule has 1 aromatic rings. The molecule has 19 heavy (non-hydrogen) atoms. The monoisotopic (exact) mass is 284 g/mol. The fraction of sp³-hybridized carbons (Fsp3) is 0.417. The summed E-state index contributed by atoms with van der Waals surface area (Å²) >= 11 is 5.95. The number of ether oxygens (including phenoxy) is 2. The molecule has 0 N–H and O–H groups in total. The Balaban J connectivity index is 2.37. The number of nitrogens with zero attached hydrogens (tertiary/aromatic N) is 2. The summed E-state index contributed by atoms with van der Waals surface area (Å²) in [5.74, 6) is 0.0740. The lowest BCUT2D eigenvalue weighted by Crippen LogP contribution is -2.15. The highest BCUT2D eigenvalue weighted by molar-refractivity contribution is 6.29. The quantitative estimate of drug-likeness (QED) is 0.609. The number of hydrogen-bond donors (Lipinski definition) is 0. The lowest BCUT2D eigenvalue weighted by molar-refractivity contribution is 0.0511. The number of carbonyl (C=O) groups excluding carboxylic acids is 2. The van der Waals surface area contributed by atoms with Crippen molar-refractivity contribution in [1.29, 1.82) is 0 Å². The molecule has 0 saturated heterocycles. The van der Waals surface area contributed by atoms with Gasteiger partial charge in [0.1, 0.15) is 11.5 Å². The highest BCUT2D eigenvalue weighted by atomic mass is 35.5. The van der Waals surface area contributed by atoms with E-state index in [0.29, 0.717) is 18.7 Å². The van der Waals surface area contributed by atoms with Gasteiger partial charge >= 0.3 is 5.97 Å². The van der Waals surface area contributed by atoms with Crippen LogP contribution in [0.4, 0.5) is 0 Å². The summed E-state index contributed by atoms with van der Waals surface area (Å²) in [6, 6.07) is 0. The normalized spacial score (nSPS) is 13.9. The van der Waals surface area contributed by atoms with Gasteiger partial charge in [0.05, 0.1) is 19.8 Å². The van der Waals surface area contributed by atoms with Gasteiger partial charge in [0, 0.05) is 6.42 Å². The minimum Gasteiger partial charge on any atom is -0.496 e. The lowest BCUT2D eigenvalue weighted by Gasteiger charge is -2.10. The summed E-state index contributed by atoms with van der Waals surface area (Å²) in [4.78, 5) is 26.7. The largest absolute Gasteiger partial charge is 0.496 e. The Kier molecular flexibility index (Phi) is 4.21. The van der Waals surface area contributed by atoms with E-state index in [1.807, 2.05) is 6.08 Å². The summed E-state index contributed by atoms with van der Waals surface area (Å²) in [5, 5.41) is 0.0570. The summed E-state index contributed by atoms with van der Waals surface area (Å²) in [6.07, 6.45) is 3.21. The van der Waals surface area contributed by atoms with E-state index < -0.39 is 5.97 Å². The van der Waals surface area contributed by atoms with Crippen LogP contribution < -0.4 is 0 Å². The van der Waals surface area contributed by atoms with Crippen LogP contribution >= 0.6 is 11.6 Å². The molecular formula is C12H13ClN2O4. The predicted molar refractivity (Wildman–Crippen MR) is 67.2 cm³/mol. The second-order valence-corrected chi connectivity index (χ2v) is 4.18. The average molecular weight is 285 g/mol. The van der Waals surface area contributed by atoms with Crippen LogP contribution in [0.3, 0.4) is 0 Å². The van der Waals surface area contributed by atoms with Crippen LogP contribution in [0.25, 0.3) is 0 Å². The number of imidazole rings is 1. The Labute approximate surface area is 115 Å². The van der Waals surface area contributed by atoms with Crippen LogP contribution in [0.15, 0.2) is 11.8 Å². The van der Waals surface area contributed by atoms with Crippen LogP contribution in [0, 0.1) is 0 Å². The van der Waals surface area contributed by atoms with E-state index in [1.54, 1.807) is 6.92 Å². The zero-order valence-corrected chi connectivity index (χ0v) is 11.1. The van der Waals surface area contributed by atoms with Crippen molar-refractivity contribution in [2.45, 2.75) is 19.9 Å². The number of halogens is 1. The minimum atomic E-state index is -0.623. The molecular weight excluding hydrogens is 272 g/mol. The van der Waals surface area contributed by atoms with Gasteiger partial charge in [-0.2, -0.15) is 0 Å². The van der Waals surface area contributed by atoms with Gasteiger partial charge in [-0.15, -0.1) is 0 Å². The molecule has 0 fully saturated rings. The topological polar surface area (TPSA) is 70.4 Å². The van der Waals surface area contributed by atoms with Crippen molar-refractivity contribution in [2.24, 2.45) is 0 Å². The average Bonchev–Trinajstić information content (AvgIpc) is 2.99. The number of esters is 1. The molecule has 0 unspecified atom stereocenters. The molecule has 6 nitrogen and oxygen atoms in total. The number of aromatic nitrogens is 2. The molecule has 0 spiro atoms. The molecule has 0 bridgehead atoms. The van der Waals surface area contributed by atoms with Crippen molar-refractivity contribution < 1.29 is 19.1 Å². The fourth-order valence-electron chi connectivity index (χ4n) is 1.82. The SMILES string of the molecule is CCOC(=O)c1c(C=O)nc(Cl)n1CC1=CCCO1. The van der Waals surface area contributed by atoms with Gasteiger partial charge in [0.15, 0.2) is 12.0 Å². The first-order valence-electron chi connectivity index (χ1n) is 5.87. The van der Waals surface area contributed by atoms with E-state index in [4.69, 9.17) is 21.1 Å². The molecule has 0 saturated carbocycles. The van der Waals surface area contributed by atoms with Gasteiger partial charge in [0.2, 0.25) is 5.28 Å². The second-order valence-electron chi connectivity index (χ2n) is 3.85. The van der Waals surface area contributed by atoms with Gasteiger partial charge in [-0.25, -0.2) is 9.78 Å². The van der Waals surface area contributed by atoms with E-state index in [-0.39, 0.29) is 29.8 Å². The zero-order chi connectivity index (χ0) is 13.8. The predicted octanol–water partition coefficient (Wildman–Crippen LogP) is 1.83. The van der Waals surface area contributed by atoms with Crippen molar-refractivity contribution in [3.05, 3.63) is 28.5 Å². The second kappa shape index (κ2) is 5.88. The molecule has 102 valence electrons. The van der Waals surface area contributed by atoms with Crippen LogP contribution in [0.2, 0.25) is 5.28 Å². The Morgan fingerprint density at radius 1 is 1.68 bits per heavy atom. The Bertz CT molecular complexity index is 536. The van der Waals surface area contributed by atoms with Crippen LogP contribution in [-0.2, 0) is 16.0 Å². The Morgan fingerprint density at radius 3 is 3.05 bits per heavy atom. The standard InChI is InChI=1S/C12H13ClN2O4/c1-2-18-11(17)10-9(7-16)14-12(13)15(10)6-8-4-3-5-19-8/h4,7H,2-3,5-6H2,1H3. The molecule has 2 rings (SSSR count). The number of rotatable bonds is 5. The van der Waals surface area contributed by atoms with Gasteiger partial charge in [-0.05, 0) is 24.6 Å². The minimum absolute atomic E-state index is 0.0259. The zero-order valence-electron chi connectivity index (χ0n) is 10.4. The number of carbonyl (C=O) groups is 2. The molecule has 1 aliphatic heterocycles. The maximum Gasteiger partial charge on any atom is 0.357 e. The van der Waals surface area contributed by atoms with Gasteiger partial charge in [-0.1, -0.05) is 0 Å². The lowest BCUT2D eigenvalue weighted by atomic mass is 10.3. The van der Waals surface area contributed by atoms with Crippen molar-refractivity contribution >= 4 is 23.9 Å². The highest BCUT2D eigenvalue weighted by Gasteiger charge is 2.24. The molecule has 0 aliphatic carbocycles. The van der Waals surface area contributed by atoms with Gasteiger partial charge < -0.3 is 14.0 Å². The third-order valence-electron chi connectivity index (χ3n) is 2.62. The highest BCUT2D eigenvalue weighted by Crippen LogP contribution is 2.20. The van der Waals surface area contributed by atoms with Crippen LogP contribution in [0.1, 0.15) is 34.3 Å². The summed E-state index contributed by atoms with van der Waals surface area (Å²) in [7, 11) is 0. The van der Waals surface area contributed by atoms with Crippen molar-refractivity contribution in [1.82, 2.24) is 9.55 Å². The third-order valence-corrected chi connectivity index (χ3v) is 2.91. The number of allylic oxidation sites excluding steroid dienone is 1. The van der Waals surface area contributed by atoms with Crippen molar-refractivity contribution in [3.8, 4) is 0 Å². The van der Waals surface area contributed by atoms with E-state index in [9.17, 15) is 9.59 Å². The molecule has 1 aliphatic rings. The van der Waals surface area contributed by atoms with Crippen LogP contribution in [-0.4, -0.2) is 35.0 Å². The summed E-state index contributed by atoms with van der Waals surface area (Å²) in [5.41, 5.74) is 0.0281. The summed E-state index contributed by atoms with van der Waals surface area (Å²) in [6.45, 7) is 2.76. The third kappa shape index (κ3) is 2.78. The molecule has 0 atom stereocenters. The molecule has 2 heterocycles. The van der Waals surface area contributed by atoms with Crippen molar-refractivity contribution in [3.63, 3.8) is 0 Å². The first-order valence-corrected chi connectivity index (χ1v) is 6.25. The maximum absolute atomic E-state index is 11.9. The number of aldehydes is 1. The first kappa shape index (κ1) is 13.6. The van der Waals surface area contributed by atoms with Gasteiger partial charge in [0.25, 0.3) is 0 Å².